The van der Waals surface area contributed by atoms with Crippen LogP contribution in [0.15, 0.2) is 18.2 Å². The molecule has 1 aromatic rings. The molecular weight excluding hydrogens is 268 g/mol. The van der Waals surface area contributed by atoms with E-state index < -0.39 is 0 Å². The molecule has 0 spiro atoms. The van der Waals surface area contributed by atoms with Gasteiger partial charge in [-0.15, -0.1) is 0 Å². The SMILES string of the molecule is CSC1(CNC(=O)c2cc(C)cc(N)c2)CCCCC1. The van der Waals surface area contributed by atoms with Gasteiger partial charge < -0.3 is 11.1 Å². The molecule has 1 aliphatic carbocycles. The fraction of sp³-hybridized carbons (Fsp3) is 0.562. The van der Waals surface area contributed by atoms with Crippen LogP contribution < -0.4 is 11.1 Å². The lowest BCUT2D eigenvalue weighted by atomic mass is 9.88. The van der Waals surface area contributed by atoms with Crippen LogP contribution in [0.3, 0.4) is 0 Å². The second-order valence-corrected chi connectivity index (χ2v) is 7.04. The summed E-state index contributed by atoms with van der Waals surface area (Å²) < 4.78 is 0.225. The lowest BCUT2D eigenvalue weighted by molar-refractivity contribution is 0.0947. The van der Waals surface area contributed by atoms with Crippen molar-refractivity contribution in [3.05, 3.63) is 29.3 Å². The maximum atomic E-state index is 12.3. The molecule has 0 heterocycles. The zero-order chi connectivity index (χ0) is 14.6. The number of hydrogen-bond acceptors (Lipinski definition) is 3. The molecule has 0 atom stereocenters. The Morgan fingerprint density at radius 3 is 2.60 bits per heavy atom. The number of carbonyl (C=O) groups is 1. The smallest absolute Gasteiger partial charge is 0.251 e. The molecule has 0 bridgehead atoms. The monoisotopic (exact) mass is 292 g/mol. The molecule has 110 valence electrons. The molecule has 2 rings (SSSR count). The lowest BCUT2D eigenvalue weighted by Crippen LogP contribution is -2.41. The van der Waals surface area contributed by atoms with Gasteiger partial charge in [-0.1, -0.05) is 19.3 Å². The predicted molar refractivity (Wildman–Crippen MR) is 87.3 cm³/mol. The van der Waals surface area contributed by atoms with Gasteiger partial charge in [0, 0.05) is 22.5 Å². The van der Waals surface area contributed by atoms with Gasteiger partial charge in [0.05, 0.1) is 0 Å². The minimum Gasteiger partial charge on any atom is -0.399 e. The Bertz CT molecular complexity index is 461. The van der Waals surface area contributed by atoms with E-state index in [1.165, 1.54) is 32.1 Å². The topological polar surface area (TPSA) is 55.1 Å². The van der Waals surface area contributed by atoms with Crippen LogP contribution in [-0.4, -0.2) is 23.5 Å². The number of thioether (sulfide) groups is 1. The summed E-state index contributed by atoms with van der Waals surface area (Å²) in [5.74, 6) is -0.0144. The van der Waals surface area contributed by atoms with Gasteiger partial charge >= 0.3 is 0 Å². The zero-order valence-corrected chi connectivity index (χ0v) is 13.2. The van der Waals surface area contributed by atoms with E-state index in [0.717, 1.165) is 12.1 Å². The highest BCUT2D eigenvalue weighted by atomic mass is 32.2. The number of amides is 1. The number of carbonyl (C=O) groups excluding carboxylic acids is 1. The molecule has 1 saturated carbocycles. The summed E-state index contributed by atoms with van der Waals surface area (Å²) in [7, 11) is 0. The van der Waals surface area contributed by atoms with Crippen molar-refractivity contribution in [3.63, 3.8) is 0 Å². The second kappa shape index (κ2) is 6.53. The van der Waals surface area contributed by atoms with Crippen LogP contribution in [0.1, 0.15) is 48.0 Å². The number of nitrogens with one attached hydrogen (secondary N) is 1. The number of nitrogens with two attached hydrogens (primary N) is 1. The van der Waals surface area contributed by atoms with E-state index in [0.29, 0.717) is 11.3 Å². The minimum absolute atomic E-state index is 0.0144. The average molecular weight is 292 g/mol. The summed E-state index contributed by atoms with van der Waals surface area (Å²) in [5, 5.41) is 3.10. The van der Waals surface area contributed by atoms with E-state index in [2.05, 4.69) is 11.6 Å². The van der Waals surface area contributed by atoms with Gasteiger partial charge in [-0.2, -0.15) is 11.8 Å². The minimum atomic E-state index is -0.0144. The van der Waals surface area contributed by atoms with Crippen molar-refractivity contribution in [2.24, 2.45) is 0 Å². The number of rotatable bonds is 4. The number of aryl methyl sites for hydroxylation is 1. The van der Waals surface area contributed by atoms with E-state index in [1.54, 1.807) is 6.07 Å². The lowest BCUT2D eigenvalue weighted by Gasteiger charge is -2.35. The van der Waals surface area contributed by atoms with Crippen LogP contribution in [-0.2, 0) is 0 Å². The van der Waals surface area contributed by atoms with Crippen LogP contribution in [0.5, 0.6) is 0 Å². The first-order valence-corrected chi connectivity index (χ1v) is 8.48. The Morgan fingerprint density at radius 2 is 2.00 bits per heavy atom. The number of nitrogen functional groups attached to an aromatic ring is 1. The molecule has 1 aliphatic rings. The van der Waals surface area contributed by atoms with Crippen LogP contribution in [0.2, 0.25) is 0 Å². The van der Waals surface area contributed by atoms with Gasteiger partial charge in [-0.3, -0.25) is 4.79 Å². The van der Waals surface area contributed by atoms with Crippen LogP contribution in [0.25, 0.3) is 0 Å². The second-order valence-electron chi connectivity index (χ2n) is 5.76. The molecule has 20 heavy (non-hydrogen) atoms. The number of hydrogen-bond donors (Lipinski definition) is 2. The molecule has 0 saturated heterocycles. The average Bonchev–Trinajstić information content (AvgIpc) is 2.45. The Kier molecular flexibility index (Phi) is 4.97. The predicted octanol–water partition coefficient (Wildman–Crippen LogP) is 3.37. The molecule has 3 nitrogen and oxygen atoms in total. The van der Waals surface area contributed by atoms with Gasteiger partial charge in [0.15, 0.2) is 0 Å². The summed E-state index contributed by atoms with van der Waals surface area (Å²) >= 11 is 1.90. The maximum Gasteiger partial charge on any atom is 0.251 e. The summed E-state index contributed by atoms with van der Waals surface area (Å²) in [4.78, 5) is 12.3. The van der Waals surface area contributed by atoms with Crippen LogP contribution in [0.4, 0.5) is 5.69 Å². The molecule has 1 fully saturated rings. The van der Waals surface area contributed by atoms with Gasteiger partial charge in [-0.05, 0) is 49.8 Å². The van der Waals surface area contributed by atoms with Gasteiger partial charge in [-0.25, -0.2) is 0 Å². The molecule has 0 aliphatic heterocycles. The van der Waals surface area contributed by atoms with E-state index in [-0.39, 0.29) is 10.7 Å². The van der Waals surface area contributed by atoms with Gasteiger partial charge in [0.2, 0.25) is 0 Å². The molecule has 1 amide bonds. The highest BCUT2D eigenvalue weighted by Crippen LogP contribution is 2.37. The van der Waals surface area contributed by atoms with E-state index in [9.17, 15) is 4.79 Å². The van der Waals surface area contributed by atoms with Gasteiger partial charge in [0.25, 0.3) is 5.91 Å². The third-order valence-corrected chi connectivity index (χ3v) is 5.55. The highest BCUT2D eigenvalue weighted by Gasteiger charge is 2.31. The number of anilines is 1. The van der Waals surface area contributed by atoms with Crippen molar-refractivity contribution in [3.8, 4) is 0 Å². The van der Waals surface area contributed by atoms with Crippen molar-refractivity contribution >= 4 is 23.4 Å². The Labute approximate surface area is 125 Å². The van der Waals surface area contributed by atoms with E-state index in [1.807, 2.05) is 30.8 Å². The van der Waals surface area contributed by atoms with Crippen molar-refractivity contribution < 1.29 is 4.79 Å². The van der Waals surface area contributed by atoms with Crippen molar-refractivity contribution in [1.29, 1.82) is 0 Å². The first-order chi connectivity index (χ1) is 9.54. The summed E-state index contributed by atoms with van der Waals surface area (Å²) in [6.07, 6.45) is 8.42. The standard InChI is InChI=1S/C16H24N2OS/c1-12-8-13(10-14(17)9-12)15(19)18-11-16(20-2)6-4-3-5-7-16/h8-10H,3-7,11,17H2,1-2H3,(H,18,19). The summed E-state index contributed by atoms with van der Waals surface area (Å²) in [5.41, 5.74) is 8.13. The van der Waals surface area contributed by atoms with Crippen molar-refractivity contribution in [2.75, 3.05) is 18.5 Å². The third-order valence-electron chi connectivity index (χ3n) is 4.13. The Hall–Kier alpha value is -1.16. The molecule has 4 heteroatoms. The fourth-order valence-corrected chi connectivity index (χ4v) is 3.85. The quantitative estimate of drug-likeness (QED) is 0.837. The van der Waals surface area contributed by atoms with Crippen molar-refractivity contribution in [1.82, 2.24) is 5.32 Å². The third kappa shape index (κ3) is 3.69. The fourth-order valence-electron chi connectivity index (χ4n) is 2.94. The summed E-state index contributed by atoms with van der Waals surface area (Å²) in [6, 6.07) is 5.51. The van der Waals surface area contributed by atoms with Crippen LogP contribution >= 0.6 is 11.8 Å². The normalized spacial score (nSPS) is 17.7. The molecule has 3 N–H and O–H groups in total. The molecule has 0 radical (unpaired) electrons. The Morgan fingerprint density at radius 1 is 1.30 bits per heavy atom. The highest BCUT2D eigenvalue weighted by molar-refractivity contribution is 8.00. The van der Waals surface area contributed by atoms with E-state index >= 15 is 0 Å². The zero-order valence-electron chi connectivity index (χ0n) is 12.4. The van der Waals surface area contributed by atoms with E-state index in [4.69, 9.17) is 5.73 Å². The van der Waals surface area contributed by atoms with Crippen molar-refractivity contribution in [2.45, 2.75) is 43.8 Å². The first-order valence-electron chi connectivity index (χ1n) is 7.25. The largest absolute Gasteiger partial charge is 0.399 e. The van der Waals surface area contributed by atoms with Crippen LogP contribution in [0, 0.1) is 6.92 Å². The summed E-state index contributed by atoms with van der Waals surface area (Å²) in [6.45, 7) is 2.71. The Balaban J connectivity index is 2.00. The first kappa shape index (κ1) is 15.2. The maximum absolute atomic E-state index is 12.3. The molecule has 0 aromatic heterocycles. The molecule has 0 unspecified atom stereocenters. The van der Waals surface area contributed by atoms with Gasteiger partial charge in [0.1, 0.15) is 0 Å². The number of benzene rings is 1. The molecule has 1 aromatic carbocycles. The molecular formula is C16H24N2OS.